The van der Waals surface area contributed by atoms with Gasteiger partial charge < -0.3 is 3.79 Å². The molecule has 0 unspecified atom stereocenters. The minimum Gasteiger partial charge on any atom is -0.477 e. The molecule has 0 aliphatic rings. The molecule has 0 aromatic carbocycles. The minimum atomic E-state index is -1.74. The van der Waals surface area contributed by atoms with Crippen molar-refractivity contribution in [2.75, 3.05) is 6.61 Å². The average molecular weight is 157 g/mol. The lowest BCUT2D eigenvalue weighted by molar-refractivity contribution is 0.340. The SMILES string of the molecule is CCC[O][Al]([Cl])[Cl]. The Morgan fingerprint density at radius 1 is 1.57 bits per heavy atom. The van der Waals surface area contributed by atoms with Crippen LogP contribution in [0.25, 0.3) is 0 Å². The van der Waals surface area contributed by atoms with E-state index in [9.17, 15) is 0 Å². The summed E-state index contributed by atoms with van der Waals surface area (Å²) in [5, 5.41) is 0. The standard InChI is InChI=1S/C3H7O.Al.2ClH/c1-2-3-4;;;/h2-3H2,1H3;;2*1H/q-1;+3;;/p-2. The molecular weight excluding hydrogens is 150 g/mol. The number of hydrogen-bond acceptors (Lipinski definition) is 1. The van der Waals surface area contributed by atoms with Gasteiger partial charge in [0.25, 0.3) is 0 Å². The lowest BCUT2D eigenvalue weighted by atomic mass is 10.5. The molecule has 1 nitrogen and oxygen atoms in total. The van der Waals surface area contributed by atoms with Gasteiger partial charge in [-0.15, -0.1) is 0 Å². The molecule has 0 saturated carbocycles. The quantitative estimate of drug-likeness (QED) is 0.568. The molecule has 0 fully saturated rings. The van der Waals surface area contributed by atoms with E-state index < -0.39 is 12.6 Å². The first kappa shape index (κ1) is 8.07. The predicted molar refractivity (Wildman–Crippen MR) is 33.7 cm³/mol. The van der Waals surface area contributed by atoms with Crippen LogP contribution in [0, 0.1) is 0 Å². The molecule has 0 bridgehead atoms. The summed E-state index contributed by atoms with van der Waals surface area (Å²) in [5.41, 5.74) is 0. The highest BCUT2D eigenvalue weighted by Gasteiger charge is 2.11. The van der Waals surface area contributed by atoms with E-state index in [0.29, 0.717) is 6.61 Å². The molecule has 7 heavy (non-hydrogen) atoms. The van der Waals surface area contributed by atoms with Gasteiger partial charge in [-0.3, -0.25) is 0 Å². The van der Waals surface area contributed by atoms with Crippen LogP contribution in [0.2, 0.25) is 0 Å². The van der Waals surface area contributed by atoms with Crippen LogP contribution in [0.5, 0.6) is 0 Å². The van der Waals surface area contributed by atoms with E-state index in [0.717, 1.165) is 6.42 Å². The topological polar surface area (TPSA) is 9.23 Å². The average Bonchev–Trinajstić information content (AvgIpc) is 1.61. The van der Waals surface area contributed by atoms with Crippen LogP contribution in [0.1, 0.15) is 13.3 Å². The third-order valence-electron chi connectivity index (χ3n) is 0.448. The van der Waals surface area contributed by atoms with Crippen LogP contribution >= 0.6 is 20.1 Å². The lowest BCUT2D eigenvalue weighted by Gasteiger charge is -1.94. The summed E-state index contributed by atoms with van der Waals surface area (Å²) < 4.78 is 4.86. The first-order chi connectivity index (χ1) is 3.27. The second kappa shape index (κ2) is 5.21. The fourth-order valence-electron chi connectivity index (χ4n) is 0.207. The van der Waals surface area contributed by atoms with Crippen LogP contribution in [-0.4, -0.2) is 19.2 Å². The van der Waals surface area contributed by atoms with Crippen LogP contribution in [0.15, 0.2) is 0 Å². The molecule has 0 aliphatic heterocycles. The van der Waals surface area contributed by atoms with Crippen LogP contribution in [0.3, 0.4) is 0 Å². The molecule has 4 heteroatoms. The van der Waals surface area contributed by atoms with Crippen molar-refractivity contribution in [2.45, 2.75) is 13.3 Å². The van der Waals surface area contributed by atoms with Gasteiger partial charge in [0.1, 0.15) is 0 Å². The molecule has 0 aromatic heterocycles. The smallest absolute Gasteiger partial charge is 0.477 e. The number of halogens is 2. The second-order valence-corrected chi connectivity index (χ2v) is 5.03. The maximum atomic E-state index is 5.34. The Kier molecular flexibility index (Phi) is 6.01. The Labute approximate surface area is 56.7 Å². The van der Waals surface area contributed by atoms with Gasteiger partial charge in [-0.2, -0.15) is 20.1 Å². The molecule has 0 radical (unpaired) electrons. The number of rotatable bonds is 3. The summed E-state index contributed by atoms with van der Waals surface area (Å²) in [5.74, 6) is 0. The van der Waals surface area contributed by atoms with Crippen LogP contribution < -0.4 is 0 Å². The largest absolute Gasteiger partial charge is 0.725 e. The fourth-order valence-corrected chi connectivity index (χ4v) is 1.16. The minimum absolute atomic E-state index is 0.698. The molecule has 0 atom stereocenters. The third kappa shape index (κ3) is 7.07. The fraction of sp³-hybridized carbons (Fsp3) is 1.00. The normalized spacial score (nSPS) is 9.00. The highest BCUT2D eigenvalue weighted by Crippen LogP contribution is 1.96. The Morgan fingerprint density at radius 2 is 2.14 bits per heavy atom. The van der Waals surface area contributed by atoms with Crippen molar-refractivity contribution in [3.8, 4) is 0 Å². The predicted octanol–water partition coefficient (Wildman–Crippen LogP) is 1.88. The molecule has 0 rings (SSSR count). The van der Waals surface area contributed by atoms with E-state index in [-0.39, 0.29) is 0 Å². The van der Waals surface area contributed by atoms with Crippen molar-refractivity contribution in [2.24, 2.45) is 0 Å². The highest BCUT2D eigenvalue weighted by molar-refractivity contribution is 7.30. The summed E-state index contributed by atoms with van der Waals surface area (Å²) in [6.45, 7) is 2.72. The monoisotopic (exact) mass is 156 g/mol. The molecule has 42 valence electrons. The Morgan fingerprint density at radius 3 is 2.29 bits per heavy atom. The third-order valence-corrected chi connectivity index (χ3v) is 1.69. The van der Waals surface area contributed by atoms with Crippen LogP contribution in [-0.2, 0) is 3.79 Å². The molecule has 0 N–H and O–H groups in total. The van der Waals surface area contributed by atoms with Crippen molar-refractivity contribution in [3.05, 3.63) is 0 Å². The van der Waals surface area contributed by atoms with Crippen molar-refractivity contribution < 1.29 is 3.79 Å². The van der Waals surface area contributed by atoms with Crippen molar-refractivity contribution >= 4 is 32.7 Å². The first-order valence-corrected chi connectivity index (χ1v) is 6.13. The molecule has 0 spiro atoms. The van der Waals surface area contributed by atoms with E-state index in [1.54, 1.807) is 0 Å². The van der Waals surface area contributed by atoms with Gasteiger partial charge >= 0.3 is 12.6 Å². The van der Waals surface area contributed by atoms with E-state index >= 15 is 0 Å². The van der Waals surface area contributed by atoms with Crippen molar-refractivity contribution in [1.29, 1.82) is 0 Å². The summed E-state index contributed by atoms with van der Waals surface area (Å²) in [7, 11) is 10.7. The zero-order chi connectivity index (χ0) is 5.70. The molecule has 0 aromatic rings. The Hall–Kier alpha value is 1.07. The van der Waals surface area contributed by atoms with E-state index in [1.165, 1.54) is 0 Å². The van der Waals surface area contributed by atoms with E-state index in [1.807, 2.05) is 6.92 Å². The van der Waals surface area contributed by atoms with Crippen molar-refractivity contribution in [1.82, 2.24) is 0 Å². The summed E-state index contributed by atoms with van der Waals surface area (Å²) in [6, 6.07) is 0. The summed E-state index contributed by atoms with van der Waals surface area (Å²) in [4.78, 5) is 0. The Bertz CT molecular complexity index is 41.9. The summed E-state index contributed by atoms with van der Waals surface area (Å²) >= 11 is -1.74. The van der Waals surface area contributed by atoms with Gasteiger partial charge in [0.05, 0.1) is 0 Å². The lowest BCUT2D eigenvalue weighted by Crippen LogP contribution is -2.01. The molecule has 0 amide bonds. The second-order valence-electron chi connectivity index (χ2n) is 1.13. The zero-order valence-electron chi connectivity index (χ0n) is 4.16. The number of hydrogen-bond donors (Lipinski definition) is 0. The van der Waals surface area contributed by atoms with Gasteiger partial charge in [-0.05, 0) is 6.42 Å². The molecule has 0 heterocycles. The van der Waals surface area contributed by atoms with Gasteiger partial charge in [-0.25, -0.2) is 0 Å². The van der Waals surface area contributed by atoms with Gasteiger partial charge in [0.15, 0.2) is 0 Å². The first-order valence-electron chi connectivity index (χ1n) is 2.17. The van der Waals surface area contributed by atoms with Gasteiger partial charge in [0.2, 0.25) is 0 Å². The van der Waals surface area contributed by atoms with Gasteiger partial charge in [0, 0.05) is 6.61 Å². The zero-order valence-corrected chi connectivity index (χ0v) is 6.82. The van der Waals surface area contributed by atoms with Crippen molar-refractivity contribution in [3.63, 3.8) is 0 Å². The van der Waals surface area contributed by atoms with Crippen LogP contribution in [0.4, 0.5) is 0 Å². The Balaban J connectivity index is 2.68. The van der Waals surface area contributed by atoms with Gasteiger partial charge in [-0.1, -0.05) is 6.92 Å². The molecule has 0 aliphatic carbocycles. The highest BCUT2D eigenvalue weighted by atomic mass is 35.7. The molecular formula is C3H7AlCl2O. The summed E-state index contributed by atoms with van der Waals surface area (Å²) in [6.07, 6.45) is 0.989. The maximum Gasteiger partial charge on any atom is 0.725 e. The van der Waals surface area contributed by atoms with E-state index in [2.05, 4.69) is 0 Å². The maximum absolute atomic E-state index is 5.34. The molecule has 0 saturated heterocycles. The van der Waals surface area contributed by atoms with E-state index in [4.69, 9.17) is 23.9 Å².